The Hall–Kier alpha value is -1.92. The molecule has 6 nitrogen and oxygen atoms in total. The van der Waals surface area contributed by atoms with Gasteiger partial charge in [0.1, 0.15) is 12.7 Å². The summed E-state index contributed by atoms with van der Waals surface area (Å²) in [5.41, 5.74) is 7.13. The van der Waals surface area contributed by atoms with Crippen molar-refractivity contribution < 1.29 is 4.79 Å². The molecule has 1 atom stereocenters. The van der Waals surface area contributed by atoms with E-state index in [2.05, 4.69) is 15.4 Å². The van der Waals surface area contributed by atoms with Crippen molar-refractivity contribution in [3.63, 3.8) is 0 Å². The van der Waals surface area contributed by atoms with Gasteiger partial charge in [0, 0.05) is 5.02 Å². The van der Waals surface area contributed by atoms with Crippen LogP contribution in [0.15, 0.2) is 30.9 Å². The van der Waals surface area contributed by atoms with E-state index in [1.54, 1.807) is 29.2 Å². The van der Waals surface area contributed by atoms with Gasteiger partial charge in [-0.1, -0.05) is 25.4 Å². The summed E-state index contributed by atoms with van der Waals surface area (Å²) in [7, 11) is 0. The van der Waals surface area contributed by atoms with Gasteiger partial charge in [-0.05, 0) is 30.5 Å². The van der Waals surface area contributed by atoms with Crippen molar-refractivity contribution >= 4 is 23.2 Å². The summed E-state index contributed by atoms with van der Waals surface area (Å²) in [5, 5.41) is 7.39. The number of benzene rings is 1. The highest BCUT2D eigenvalue weighted by molar-refractivity contribution is 6.31. The first-order chi connectivity index (χ1) is 9.97. The van der Waals surface area contributed by atoms with E-state index in [1.165, 1.54) is 6.33 Å². The monoisotopic (exact) mass is 307 g/mol. The second-order valence-corrected chi connectivity index (χ2v) is 5.66. The topological polar surface area (TPSA) is 85.8 Å². The fourth-order valence-electron chi connectivity index (χ4n) is 1.98. The molecule has 0 unspecified atom stereocenters. The number of anilines is 1. The molecule has 21 heavy (non-hydrogen) atoms. The fraction of sp³-hybridized carbons (Fsp3) is 0.357. The van der Waals surface area contributed by atoms with E-state index in [1.807, 2.05) is 13.8 Å². The zero-order chi connectivity index (χ0) is 15.4. The summed E-state index contributed by atoms with van der Waals surface area (Å²) in [6.45, 7) is 4.04. The van der Waals surface area contributed by atoms with Crippen LogP contribution in [-0.4, -0.2) is 26.7 Å². The number of aromatic nitrogens is 3. The van der Waals surface area contributed by atoms with E-state index < -0.39 is 6.04 Å². The molecule has 0 aliphatic rings. The minimum Gasteiger partial charge on any atom is -0.323 e. The second-order valence-electron chi connectivity index (χ2n) is 5.23. The molecule has 0 saturated carbocycles. The summed E-state index contributed by atoms with van der Waals surface area (Å²) < 4.78 is 1.56. The Labute approximate surface area is 128 Å². The van der Waals surface area contributed by atoms with Crippen LogP contribution < -0.4 is 11.1 Å². The minimum absolute atomic E-state index is 0.243. The van der Waals surface area contributed by atoms with E-state index in [0.29, 0.717) is 28.7 Å². The first kappa shape index (κ1) is 15.5. The zero-order valence-electron chi connectivity index (χ0n) is 12.0. The van der Waals surface area contributed by atoms with Crippen molar-refractivity contribution in [3.05, 3.63) is 35.9 Å². The molecule has 0 aliphatic carbocycles. The Balaban J connectivity index is 2.23. The van der Waals surface area contributed by atoms with Crippen LogP contribution in [0.25, 0.3) is 5.69 Å². The number of carbonyl (C=O) groups is 1. The van der Waals surface area contributed by atoms with E-state index >= 15 is 0 Å². The number of nitrogens with two attached hydrogens (primary N) is 1. The number of halogens is 1. The smallest absolute Gasteiger partial charge is 0.241 e. The molecule has 2 aromatic rings. The highest BCUT2D eigenvalue weighted by Crippen LogP contribution is 2.24. The third-order valence-corrected chi connectivity index (χ3v) is 3.18. The molecule has 3 N–H and O–H groups in total. The van der Waals surface area contributed by atoms with E-state index in [4.69, 9.17) is 17.3 Å². The van der Waals surface area contributed by atoms with Gasteiger partial charge in [0.25, 0.3) is 0 Å². The first-order valence-corrected chi connectivity index (χ1v) is 7.06. The summed E-state index contributed by atoms with van der Waals surface area (Å²) in [5.74, 6) is 0.104. The molecule has 0 fully saturated rings. The average molecular weight is 308 g/mol. The molecule has 0 spiro atoms. The lowest BCUT2D eigenvalue weighted by molar-refractivity contribution is -0.117. The molecule has 112 valence electrons. The maximum atomic E-state index is 12.2. The van der Waals surface area contributed by atoms with Crippen molar-refractivity contribution in [1.82, 2.24) is 14.8 Å². The van der Waals surface area contributed by atoms with Crippen LogP contribution in [0.4, 0.5) is 5.69 Å². The number of hydrogen-bond acceptors (Lipinski definition) is 4. The predicted octanol–water partition coefficient (Wildman–Crippen LogP) is 2.23. The Bertz CT molecular complexity index is 612. The molecular formula is C14H18ClN5O. The molecule has 0 bridgehead atoms. The molecule has 1 heterocycles. The van der Waals surface area contributed by atoms with Crippen molar-refractivity contribution in [3.8, 4) is 5.69 Å². The highest BCUT2D eigenvalue weighted by Gasteiger charge is 2.17. The summed E-state index contributed by atoms with van der Waals surface area (Å²) in [4.78, 5) is 16.1. The van der Waals surface area contributed by atoms with Crippen LogP contribution in [0, 0.1) is 5.92 Å². The summed E-state index contributed by atoms with van der Waals surface area (Å²) >= 11 is 6.00. The van der Waals surface area contributed by atoms with Crippen LogP contribution >= 0.6 is 11.6 Å². The van der Waals surface area contributed by atoms with Crippen molar-refractivity contribution in [2.24, 2.45) is 11.7 Å². The van der Waals surface area contributed by atoms with E-state index in [0.717, 1.165) is 0 Å². The van der Waals surface area contributed by atoms with Crippen molar-refractivity contribution in [2.75, 3.05) is 5.32 Å². The first-order valence-electron chi connectivity index (χ1n) is 6.68. The normalized spacial score (nSPS) is 12.4. The van der Waals surface area contributed by atoms with Gasteiger partial charge in [-0.15, -0.1) is 0 Å². The molecule has 7 heteroatoms. The van der Waals surface area contributed by atoms with Crippen LogP contribution in [-0.2, 0) is 4.79 Å². The number of nitrogens with zero attached hydrogens (tertiary/aromatic N) is 3. The van der Waals surface area contributed by atoms with Gasteiger partial charge in [0.15, 0.2) is 0 Å². The van der Waals surface area contributed by atoms with Gasteiger partial charge < -0.3 is 11.1 Å². The van der Waals surface area contributed by atoms with Gasteiger partial charge >= 0.3 is 0 Å². The Morgan fingerprint density at radius 1 is 1.48 bits per heavy atom. The van der Waals surface area contributed by atoms with E-state index in [9.17, 15) is 4.79 Å². The molecule has 1 amide bonds. The fourth-order valence-corrected chi connectivity index (χ4v) is 2.15. The maximum absolute atomic E-state index is 12.2. The lowest BCUT2D eigenvalue weighted by Crippen LogP contribution is -2.36. The van der Waals surface area contributed by atoms with Gasteiger partial charge in [0.2, 0.25) is 5.91 Å². The van der Waals surface area contributed by atoms with Gasteiger partial charge in [-0.3, -0.25) is 4.79 Å². The Morgan fingerprint density at radius 3 is 2.86 bits per heavy atom. The maximum Gasteiger partial charge on any atom is 0.241 e. The molecule has 2 rings (SSSR count). The number of rotatable bonds is 5. The largest absolute Gasteiger partial charge is 0.323 e. The van der Waals surface area contributed by atoms with Crippen molar-refractivity contribution in [2.45, 2.75) is 26.3 Å². The molecule has 0 radical (unpaired) electrons. The number of amides is 1. The quantitative estimate of drug-likeness (QED) is 0.887. The molecule has 1 aromatic heterocycles. The van der Waals surface area contributed by atoms with Gasteiger partial charge in [-0.25, -0.2) is 9.67 Å². The third-order valence-electron chi connectivity index (χ3n) is 2.94. The molecule has 0 saturated heterocycles. The minimum atomic E-state index is -0.562. The number of nitrogens with one attached hydrogen (secondary N) is 1. The lowest BCUT2D eigenvalue weighted by Gasteiger charge is -2.16. The molecule has 0 aliphatic heterocycles. The molecule has 1 aromatic carbocycles. The number of hydrogen-bond donors (Lipinski definition) is 2. The molecular weight excluding hydrogens is 290 g/mol. The average Bonchev–Trinajstić information content (AvgIpc) is 2.91. The standard InChI is InChI=1S/C14H18ClN5O/c1-9(2)5-11(16)14(21)19-12-6-10(15)3-4-13(12)20-8-17-7-18-20/h3-4,6-9,11H,5,16H2,1-2H3,(H,19,21)/t11-/m1/s1. The summed E-state index contributed by atoms with van der Waals surface area (Å²) in [6, 6.07) is 4.59. The van der Waals surface area contributed by atoms with Gasteiger partial charge in [0.05, 0.1) is 17.4 Å². The Kier molecular flexibility index (Phi) is 4.93. The van der Waals surface area contributed by atoms with Crippen LogP contribution in [0.1, 0.15) is 20.3 Å². The summed E-state index contributed by atoms with van der Waals surface area (Å²) in [6.07, 6.45) is 3.59. The lowest BCUT2D eigenvalue weighted by atomic mass is 10.0. The van der Waals surface area contributed by atoms with Crippen LogP contribution in [0.3, 0.4) is 0 Å². The Morgan fingerprint density at radius 2 is 2.24 bits per heavy atom. The second kappa shape index (κ2) is 6.69. The predicted molar refractivity (Wildman–Crippen MR) is 82.4 cm³/mol. The third kappa shape index (κ3) is 4.03. The highest BCUT2D eigenvalue weighted by atomic mass is 35.5. The van der Waals surface area contributed by atoms with Crippen LogP contribution in [0.5, 0.6) is 0 Å². The number of carbonyl (C=O) groups excluding carboxylic acids is 1. The van der Waals surface area contributed by atoms with E-state index in [-0.39, 0.29) is 5.91 Å². The SMILES string of the molecule is CC(C)C[C@@H](N)C(=O)Nc1cc(Cl)ccc1-n1cncn1. The van der Waals surface area contributed by atoms with Crippen LogP contribution in [0.2, 0.25) is 5.02 Å². The van der Waals surface area contributed by atoms with Crippen molar-refractivity contribution in [1.29, 1.82) is 0 Å². The zero-order valence-corrected chi connectivity index (χ0v) is 12.7. The van der Waals surface area contributed by atoms with Gasteiger partial charge in [-0.2, -0.15) is 5.10 Å².